The first kappa shape index (κ1) is 20.4. The van der Waals surface area contributed by atoms with Crippen LogP contribution in [0.2, 0.25) is 0 Å². The van der Waals surface area contributed by atoms with Gasteiger partial charge in [-0.15, -0.1) is 0 Å². The summed E-state index contributed by atoms with van der Waals surface area (Å²) in [6.45, 7) is 0. The molecule has 5 rings (SSSR count). The Labute approximate surface area is 184 Å². The minimum absolute atomic E-state index is 0. The van der Waals surface area contributed by atoms with Crippen LogP contribution in [0, 0.1) is 0 Å². The summed E-state index contributed by atoms with van der Waals surface area (Å²) in [7, 11) is 6.20. The fraction of sp³-hybridized carbons (Fsp3) is 0.100. The molecule has 2 atom stereocenters. The summed E-state index contributed by atoms with van der Waals surface area (Å²) in [5.74, 6) is 1.01. The second kappa shape index (κ2) is 7.93. The van der Waals surface area contributed by atoms with Gasteiger partial charge in [-0.3, -0.25) is 0 Å². The molecule has 1 heterocycles. The van der Waals surface area contributed by atoms with Crippen molar-refractivity contribution in [1.82, 2.24) is 0 Å². The Morgan fingerprint density at radius 1 is 1.04 bits per heavy atom. The van der Waals surface area contributed by atoms with Gasteiger partial charge in [0.2, 0.25) is 0 Å². The van der Waals surface area contributed by atoms with Crippen molar-refractivity contribution in [3.63, 3.8) is 0 Å². The molecule has 0 N–H and O–H groups in total. The van der Waals surface area contributed by atoms with Gasteiger partial charge >= 0.3 is 161 Å². The minimum atomic E-state index is -2.31. The molecule has 0 fully saturated rings. The average Bonchev–Trinajstić information content (AvgIpc) is 3.25. The molecule has 0 bridgehead atoms. The van der Waals surface area contributed by atoms with Crippen molar-refractivity contribution in [2.45, 2.75) is 8.64 Å². The van der Waals surface area contributed by atoms with E-state index in [2.05, 4.69) is 82.7 Å². The Balaban J connectivity index is 0.000000980. The van der Waals surface area contributed by atoms with E-state index in [1.165, 1.54) is 30.4 Å². The average molecular weight is 543 g/mol. The van der Waals surface area contributed by atoms with Crippen LogP contribution < -0.4 is 38.5 Å². The molecule has 0 saturated heterocycles. The van der Waals surface area contributed by atoms with E-state index in [-0.39, 0.29) is 29.8 Å². The van der Waals surface area contributed by atoms with Gasteiger partial charge in [0.25, 0.3) is 0 Å². The van der Waals surface area contributed by atoms with Crippen LogP contribution in [-0.4, -0.2) is 5.01 Å². The van der Waals surface area contributed by atoms with Gasteiger partial charge in [0.05, 0.1) is 0 Å². The molecule has 6 heteroatoms. The van der Waals surface area contributed by atoms with Gasteiger partial charge in [-0.2, -0.15) is 0 Å². The predicted octanol–water partition coefficient (Wildman–Crippen LogP) is -2.60. The third-order valence-corrected chi connectivity index (χ3v) is 13.0. The van der Waals surface area contributed by atoms with E-state index >= 15 is 0 Å². The normalized spacial score (nSPS) is 20.3. The zero-order valence-corrected chi connectivity index (χ0v) is 19.8. The number of fused-ring (bicyclic) bond motifs is 3. The van der Waals surface area contributed by atoms with Gasteiger partial charge < -0.3 is 24.8 Å². The van der Waals surface area contributed by atoms with Crippen molar-refractivity contribution in [1.29, 1.82) is 0 Å². The Hall–Kier alpha value is -0.377. The molecule has 0 spiro atoms. The number of halogens is 3. The van der Waals surface area contributed by atoms with Gasteiger partial charge in [0.15, 0.2) is 0 Å². The van der Waals surface area contributed by atoms with Crippen molar-refractivity contribution < 1.29 is 49.3 Å². The first-order valence-corrected chi connectivity index (χ1v) is 14.9. The van der Waals surface area contributed by atoms with Crippen LogP contribution in [0.25, 0.3) is 17.9 Å². The molecule has 2 unspecified atom stereocenters. The van der Waals surface area contributed by atoms with E-state index in [1.807, 2.05) is 0 Å². The molecule has 0 aromatic heterocycles. The number of benzene rings is 2. The monoisotopic (exact) mass is 540 g/mol. The SMILES string of the molecule is [Cl-].[Cl-].[S]=[Zr+2]([c]1cccc2c1=C1OC(Br)C=C1C=2)[CH]1C=Cc2ccccc21. The zero-order chi connectivity index (χ0) is 16.3. The third kappa shape index (κ3) is 3.18. The van der Waals surface area contributed by atoms with Crippen LogP contribution in [0.4, 0.5) is 0 Å². The summed E-state index contributed by atoms with van der Waals surface area (Å²) in [6.07, 6.45) is 8.91. The third-order valence-electron chi connectivity index (χ3n) is 4.79. The zero-order valence-electron chi connectivity index (χ0n) is 13.5. The summed E-state index contributed by atoms with van der Waals surface area (Å²) >= 11 is 1.23. The van der Waals surface area contributed by atoms with E-state index in [9.17, 15) is 0 Å². The number of alkyl halides is 1. The number of hydrogen-bond acceptors (Lipinski definition) is 2. The maximum atomic E-state index is 6.20. The maximum absolute atomic E-state index is 6.20. The van der Waals surface area contributed by atoms with E-state index in [0.29, 0.717) is 3.63 Å². The first-order chi connectivity index (χ1) is 11.7. The summed E-state index contributed by atoms with van der Waals surface area (Å²) in [6, 6.07) is 15.2. The molecule has 1 nitrogen and oxygen atoms in total. The van der Waals surface area contributed by atoms with Crippen molar-refractivity contribution in [3.05, 3.63) is 81.8 Å². The predicted molar refractivity (Wildman–Crippen MR) is 101 cm³/mol. The second-order valence-corrected chi connectivity index (χ2v) is 14.3. The van der Waals surface area contributed by atoms with Gasteiger partial charge in [0.1, 0.15) is 0 Å². The van der Waals surface area contributed by atoms with Crippen LogP contribution in [0.1, 0.15) is 14.8 Å². The molecule has 26 heavy (non-hydrogen) atoms. The molecule has 2 aromatic carbocycles. The Morgan fingerprint density at radius 3 is 2.69 bits per heavy atom. The number of rotatable bonds is 2. The number of hydrogen-bond donors (Lipinski definition) is 0. The van der Waals surface area contributed by atoms with E-state index in [1.54, 1.807) is 0 Å². The van der Waals surface area contributed by atoms with Gasteiger partial charge in [-0.25, -0.2) is 0 Å². The molecule has 0 amide bonds. The molecular formula is C20H13BrCl2OSZr. The van der Waals surface area contributed by atoms with E-state index in [0.717, 1.165) is 5.76 Å². The van der Waals surface area contributed by atoms with E-state index in [4.69, 9.17) is 13.6 Å². The molecule has 2 aromatic rings. The number of ether oxygens (including phenoxy) is 1. The molecule has 2 aliphatic carbocycles. The Kier molecular flexibility index (Phi) is 6.21. The van der Waals surface area contributed by atoms with Crippen LogP contribution >= 0.6 is 24.8 Å². The number of allylic oxidation sites excluding steroid dienone is 1. The van der Waals surface area contributed by atoms with E-state index < -0.39 is 19.7 Å². The molecule has 1 aliphatic heterocycles. The molecule has 130 valence electrons. The van der Waals surface area contributed by atoms with Gasteiger partial charge in [0, 0.05) is 0 Å². The summed E-state index contributed by atoms with van der Waals surface area (Å²) in [4.78, 5) is 0. The van der Waals surface area contributed by atoms with Crippen molar-refractivity contribution >= 4 is 46.0 Å². The molecular weight excluding hydrogens is 530 g/mol. The fourth-order valence-electron chi connectivity index (χ4n) is 3.71. The van der Waals surface area contributed by atoms with Crippen molar-refractivity contribution in [3.8, 4) is 0 Å². The summed E-state index contributed by atoms with van der Waals surface area (Å²) in [5, 5.41) is 2.49. The molecule has 0 saturated carbocycles. The van der Waals surface area contributed by atoms with Gasteiger partial charge in [-0.05, 0) is 0 Å². The van der Waals surface area contributed by atoms with Gasteiger partial charge in [-0.1, -0.05) is 0 Å². The fourth-order valence-corrected chi connectivity index (χ4v) is 11.1. The topological polar surface area (TPSA) is 9.23 Å². The quantitative estimate of drug-likeness (QED) is 0.385. The van der Waals surface area contributed by atoms with Crippen LogP contribution in [0.3, 0.4) is 0 Å². The van der Waals surface area contributed by atoms with Crippen molar-refractivity contribution in [2.24, 2.45) is 0 Å². The molecule has 3 aliphatic rings. The summed E-state index contributed by atoms with van der Waals surface area (Å²) in [5.41, 5.74) is 3.93. The summed E-state index contributed by atoms with van der Waals surface area (Å²) < 4.78 is 7.82. The Bertz CT molecular complexity index is 1090. The Morgan fingerprint density at radius 2 is 1.85 bits per heavy atom. The second-order valence-electron chi connectivity index (χ2n) is 6.16. The molecule has 0 radical (unpaired) electrons. The first-order valence-electron chi connectivity index (χ1n) is 7.92. The standard InChI is InChI=1S/C11H6BrO.C9H7.2ClH.S.Zr/c12-10-6-8-5-7-3-1-2-4-9(7)11(8)13-10;1-2-5-9-7-3-6-8(9)4-1;;;;/h1-3,5-6,10H;1-7H;2*1H;;/q;;;;;+2/p-2. The van der Waals surface area contributed by atoms with Crippen LogP contribution in [-0.2, 0) is 24.4 Å². The van der Waals surface area contributed by atoms with Crippen LogP contribution in [0.15, 0.2) is 60.2 Å². The van der Waals surface area contributed by atoms with Crippen molar-refractivity contribution in [2.75, 3.05) is 0 Å². The van der Waals surface area contributed by atoms with Crippen LogP contribution in [0.5, 0.6) is 0 Å².